The topological polar surface area (TPSA) is 107 Å². The molecule has 0 spiro atoms. The number of anilines is 1. The van der Waals surface area contributed by atoms with E-state index in [4.69, 9.17) is 10.5 Å². The van der Waals surface area contributed by atoms with Gasteiger partial charge in [0.1, 0.15) is 23.2 Å². The van der Waals surface area contributed by atoms with Crippen molar-refractivity contribution >= 4 is 28.9 Å². The van der Waals surface area contributed by atoms with Crippen LogP contribution < -0.4 is 10.6 Å². The molecule has 2 aliphatic rings. The number of piperidine rings is 1. The van der Waals surface area contributed by atoms with Crippen LogP contribution in [0.4, 0.5) is 15.0 Å². The van der Waals surface area contributed by atoms with Gasteiger partial charge in [-0.05, 0) is 44.0 Å². The number of ether oxygens (including phenoxy) is 1. The smallest absolute Gasteiger partial charge is 0.415 e. The Morgan fingerprint density at radius 3 is 2.70 bits per heavy atom. The van der Waals surface area contributed by atoms with Crippen LogP contribution in [0.5, 0.6) is 0 Å². The Morgan fingerprint density at radius 1 is 1.24 bits per heavy atom. The minimum Gasteiger partial charge on any atom is -0.443 e. The minimum atomic E-state index is -1.21. The van der Waals surface area contributed by atoms with Gasteiger partial charge < -0.3 is 15.4 Å². The number of nitrogens with two attached hydrogens (primary N) is 1. The van der Waals surface area contributed by atoms with Crippen LogP contribution in [0, 0.1) is 0 Å². The fraction of sp³-hybridized carbons (Fsp3) is 0.391. The highest BCUT2D eigenvalue weighted by Gasteiger charge is 2.33. The van der Waals surface area contributed by atoms with Gasteiger partial charge in [-0.25, -0.2) is 19.2 Å². The average Bonchev–Trinajstić information content (AvgIpc) is 3.41. The molecule has 2 amide bonds. The summed E-state index contributed by atoms with van der Waals surface area (Å²) in [7, 11) is 0. The number of amides is 2. The number of carbonyl (C=O) groups is 2. The van der Waals surface area contributed by atoms with Gasteiger partial charge in [0, 0.05) is 37.4 Å². The third-order valence-electron chi connectivity index (χ3n) is 6.29. The van der Waals surface area contributed by atoms with Gasteiger partial charge in [-0.3, -0.25) is 14.3 Å². The van der Waals surface area contributed by atoms with Gasteiger partial charge in [0.25, 0.3) is 5.91 Å². The number of hydrogen-bond acceptors (Lipinski definition) is 6. The zero-order chi connectivity index (χ0) is 23.2. The standard InChI is InChI=1S/C23H25FN6O3/c1-23(24)5-8-28(9-6-23)21(31)16-10-15-4-7-29(20(15)27-12-16)17-2-3-19(26-13-17)30-14-18(11-25)33-22(30)32/h2-4,7,10,12-13,18H,5-6,8-9,11,14,25H2,1H3/t18-/m1/s1. The molecule has 9 nitrogen and oxygen atoms in total. The maximum Gasteiger partial charge on any atom is 0.415 e. The molecule has 0 aliphatic carbocycles. The monoisotopic (exact) mass is 452 g/mol. The molecule has 3 aromatic rings. The van der Waals surface area contributed by atoms with Crippen molar-refractivity contribution in [1.29, 1.82) is 0 Å². The van der Waals surface area contributed by atoms with Crippen molar-refractivity contribution in [1.82, 2.24) is 19.4 Å². The Morgan fingerprint density at radius 2 is 2.03 bits per heavy atom. The first-order valence-corrected chi connectivity index (χ1v) is 10.9. The first-order chi connectivity index (χ1) is 15.8. The van der Waals surface area contributed by atoms with E-state index in [1.54, 1.807) is 36.4 Å². The Labute approximate surface area is 189 Å². The highest BCUT2D eigenvalue weighted by atomic mass is 19.1. The summed E-state index contributed by atoms with van der Waals surface area (Å²) < 4.78 is 21.1. The maximum absolute atomic E-state index is 14.1. The van der Waals surface area contributed by atoms with E-state index in [1.165, 1.54) is 4.90 Å². The maximum atomic E-state index is 14.1. The second-order valence-corrected chi connectivity index (χ2v) is 8.75. The van der Waals surface area contributed by atoms with Crippen molar-refractivity contribution in [3.8, 4) is 5.69 Å². The second kappa shape index (κ2) is 8.11. The molecule has 2 fully saturated rings. The van der Waals surface area contributed by atoms with E-state index in [9.17, 15) is 14.0 Å². The molecule has 3 aromatic heterocycles. The lowest BCUT2D eigenvalue weighted by molar-refractivity contribution is 0.0503. The third kappa shape index (κ3) is 4.02. The van der Waals surface area contributed by atoms with Gasteiger partial charge in [0.15, 0.2) is 0 Å². The summed E-state index contributed by atoms with van der Waals surface area (Å²) in [5, 5.41) is 0.811. The van der Waals surface area contributed by atoms with E-state index in [1.807, 2.05) is 22.9 Å². The third-order valence-corrected chi connectivity index (χ3v) is 6.29. The van der Waals surface area contributed by atoms with Gasteiger partial charge >= 0.3 is 6.09 Å². The average molecular weight is 452 g/mol. The molecule has 0 aromatic carbocycles. The molecule has 0 saturated carbocycles. The zero-order valence-corrected chi connectivity index (χ0v) is 18.3. The summed E-state index contributed by atoms with van der Waals surface area (Å²) in [5.74, 6) is 0.356. The van der Waals surface area contributed by atoms with Crippen molar-refractivity contribution in [3.05, 3.63) is 48.4 Å². The van der Waals surface area contributed by atoms with E-state index in [0.717, 1.165) is 11.1 Å². The lowest BCUT2D eigenvalue weighted by atomic mass is 9.95. The van der Waals surface area contributed by atoms with Crippen LogP contribution in [-0.4, -0.2) is 69.4 Å². The number of alkyl halides is 1. The van der Waals surface area contributed by atoms with E-state index in [0.29, 0.717) is 49.5 Å². The molecule has 0 unspecified atom stereocenters. The van der Waals surface area contributed by atoms with Gasteiger partial charge in [0.05, 0.1) is 24.0 Å². The number of aromatic nitrogens is 3. The Hall–Kier alpha value is -3.53. The van der Waals surface area contributed by atoms with Crippen LogP contribution in [0.15, 0.2) is 42.9 Å². The van der Waals surface area contributed by atoms with Crippen LogP contribution in [0.3, 0.4) is 0 Å². The van der Waals surface area contributed by atoms with E-state index >= 15 is 0 Å². The highest BCUT2D eigenvalue weighted by molar-refractivity contribution is 5.97. The molecular formula is C23H25FN6O3. The molecule has 1 atom stereocenters. The minimum absolute atomic E-state index is 0.132. The fourth-order valence-corrected chi connectivity index (χ4v) is 4.22. The number of halogens is 1. The number of nitrogens with zero attached hydrogens (tertiary/aromatic N) is 5. The lowest BCUT2D eigenvalue weighted by Crippen LogP contribution is -2.43. The molecule has 0 bridgehead atoms. The van der Waals surface area contributed by atoms with Crippen molar-refractivity contribution in [3.63, 3.8) is 0 Å². The van der Waals surface area contributed by atoms with Crippen LogP contribution >= 0.6 is 0 Å². The molecule has 2 N–H and O–H groups in total. The van der Waals surface area contributed by atoms with Crippen LogP contribution in [-0.2, 0) is 4.74 Å². The summed E-state index contributed by atoms with van der Waals surface area (Å²) in [6.45, 7) is 3.02. The van der Waals surface area contributed by atoms with Crippen molar-refractivity contribution in [2.75, 3.05) is 31.1 Å². The lowest BCUT2D eigenvalue weighted by Gasteiger charge is -2.34. The molecule has 2 saturated heterocycles. The fourth-order valence-electron chi connectivity index (χ4n) is 4.22. The quantitative estimate of drug-likeness (QED) is 0.652. The summed E-state index contributed by atoms with van der Waals surface area (Å²) in [6, 6.07) is 7.27. The number of likely N-dealkylation sites (tertiary alicyclic amines) is 1. The van der Waals surface area contributed by atoms with Crippen molar-refractivity contribution in [2.24, 2.45) is 5.73 Å². The van der Waals surface area contributed by atoms with Gasteiger partial charge in [-0.15, -0.1) is 0 Å². The molecule has 5 rings (SSSR count). The molecule has 10 heteroatoms. The van der Waals surface area contributed by atoms with Gasteiger partial charge in [0.2, 0.25) is 0 Å². The Bertz CT molecular complexity index is 1200. The Balaban J connectivity index is 1.35. The first kappa shape index (κ1) is 21.3. The SMILES string of the molecule is CC1(F)CCN(C(=O)c2cnc3c(ccn3-c3ccc(N4C[C@@H](CN)OC4=O)nc3)c2)CC1. The van der Waals surface area contributed by atoms with Gasteiger partial charge in [-0.1, -0.05) is 0 Å². The van der Waals surface area contributed by atoms with E-state index in [2.05, 4.69) is 9.97 Å². The van der Waals surface area contributed by atoms with E-state index < -0.39 is 11.8 Å². The van der Waals surface area contributed by atoms with Crippen molar-refractivity contribution in [2.45, 2.75) is 31.5 Å². The Kier molecular flexibility index (Phi) is 5.24. The molecule has 5 heterocycles. The second-order valence-electron chi connectivity index (χ2n) is 8.75. The largest absolute Gasteiger partial charge is 0.443 e. The van der Waals surface area contributed by atoms with Crippen molar-refractivity contribution < 1.29 is 18.7 Å². The number of rotatable bonds is 4. The molecule has 33 heavy (non-hydrogen) atoms. The molecule has 2 aliphatic heterocycles. The summed E-state index contributed by atoms with van der Waals surface area (Å²) >= 11 is 0. The summed E-state index contributed by atoms with van der Waals surface area (Å²) in [5.41, 5.74) is 6.31. The predicted molar refractivity (Wildman–Crippen MR) is 120 cm³/mol. The predicted octanol–water partition coefficient (Wildman–Crippen LogP) is 2.67. The summed E-state index contributed by atoms with van der Waals surface area (Å²) in [6.07, 6.45) is 4.96. The number of hydrogen-bond donors (Lipinski definition) is 1. The van der Waals surface area contributed by atoms with E-state index in [-0.39, 0.29) is 18.6 Å². The van der Waals surface area contributed by atoms with Crippen LogP contribution in [0.2, 0.25) is 0 Å². The summed E-state index contributed by atoms with van der Waals surface area (Å²) in [4.78, 5) is 36.9. The zero-order valence-electron chi connectivity index (χ0n) is 18.3. The highest BCUT2D eigenvalue weighted by Crippen LogP contribution is 2.27. The number of pyridine rings is 2. The first-order valence-electron chi connectivity index (χ1n) is 10.9. The number of carbonyl (C=O) groups excluding carboxylic acids is 2. The number of cyclic esters (lactones) is 1. The molecular weight excluding hydrogens is 427 g/mol. The van der Waals surface area contributed by atoms with Gasteiger partial charge in [-0.2, -0.15) is 0 Å². The normalized spacial score (nSPS) is 20.3. The number of fused-ring (bicyclic) bond motifs is 1. The van der Waals surface area contributed by atoms with Crippen LogP contribution in [0.25, 0.3) is 16.7 Å². The molecule has 0 radical (unpaired) electrons. The molecule has 172 valence electrons. The van der Waals surface area contributed by atoms with Crippen LogP contribution in [0.1, 0.15) is 30.1 Å².